The van der Waals surface area contributed by atoms with Crippen LogP contribution in [0, 0.1) is 0 Å². The van der Waals surface area contributed by atoms with Crippen LogP contribution in [-0.4, -0.2) is 31.4 Å². The van der Waals surface area contributed by atoms with Gasteiger partial charge in [0.15, 0.2) is 0 Å². The van der Waals surface area contributed by atoms with Crippen LogP contribution in [-0.2, 0) is 0 Å². The molecule has 3 nitrogen and oxygen atoms in total. The van der Waals surface area contributed by atoms with E-state index in [1.165, 1.54) is 6.42 Å². The molecule has 1 fully saturated rings. The molecule has 1 aromatic rings. The predicted molar refractivity (Wildman–Crippen MR) is 70.1 cm³/mol. The van der Waals surface area contributed by atoms with Gasteiger partial charge in [-0.3, -0.25) is 0 Å². The van der Waals surface area contributed by atoms with Crippen LogP contribution in [0.25, 0.3) is 0 Å². The van der Waals surface area contributed by atoms with Gasteiger partial charge in [-0.2, -0.15) is 0 Å². The van der Waals surface area contributed by atoms with Crippen molar-refractivity contribution in [1.82, 2.24) is 0 Å². The third kappa shape index (κ3) is 2.67. The molecular weight excluding hydrogens is 238 g/mol. The van der Waals surface area contributed by atoms with E-state index in [1.54, 1.807) is 7.11 Å². The van der Waals surface area contributed by atoms with Crippen LogP contribution in [0.1, 0.15) is 19.3 Å². The summed E-state index contributed by atoms with van der Waals surface area (Å²) in [6.07, 6.45) is 3.34. The summed E-state index contributed by atoms with van der Waals surface area (Å²) in [5.74, 6) is 0.815. The largest absolute Gasteiger partial charge is 0.495 e. The van der Waals surface area contributed by atoms with Gasteiger partial charge in [-0.25, -0.2) is 0 Å². The molecule has 1 saturated heterocycles. The summed E-state index contributed by atoms with van der Waals surface area (Å²) in [4.78, 5) is 2.20. The van der Waals surface area contributed by atoms with Crippen LogP contribution in [0.5, 0.6) is 5.75 Å². The summed E-state index contributed by atoms with van der Waals surface area (Å²) in [7, 11) is 1.66. The lowest BCUT2D eigenvalue weighted by Crippen LogP contribution is -2.42. The van der Waals surface area contributed by atoms with E-state index in [2.05, 4.69) is 4.90 Å². The van der Waals surface area contributed by atoms with Gasteiger partial charge in [-0.1, -0.05) is 11.6 Å². The molecule has 94 valence electrons. The molecule has 1 aliphatic heterocycles. The van der Waals surface area contributed by atoms with Gasteiger partial charge < -0.3 is 14.7 Å². The molecule has 1 heterocycles. The Bertz CT molecular complexity index is 384. The number of halogens is 1. The van der Waals surface area contributed by atoms with E-state index in [-0.39, 0.29) is 12.6 Å². The van der Waals surface area contributed by atoms with Gasteiger partial charge >= 0.3 is 0 Å². The molecule has 0 spiro atoms. The predicted octanol–water partition coefficient (Wildman–Crippen LogP) is 2.70. The van der Waals surface area contributed by atoms with Crippen molar-refractivity contribution in [2.45, 2.75) is 25.3 Å². The number of rotatable bonds is 3. The van der Waals surface area contributed by atoms with Crippen molar-refractivity contribution in [3.8, 4) is 5.75 Å². The monoisotopic (exact) mass is 255 g/mol. The number of benzene rings is 1. The van der Waals surface area contributed by atoms with Crippen molar-refractivity contribution in [3.63, 3.8) is 0 Å². The first-order chi connectivity index (χ1) is 8.26. The summed E-state index contributed by atoms with van der Waals surface area (Å²) in [5, 5.41) is 10.1. The third-order valence-corrected chi connectivity index (χ3v) is 3.52. The van der Waals surface area contributed by atoms with E-state index in [9.17, 15) is 5.11 Å². The highest BCUT2D eigenvalue weighted by Crippen LogP contribution is 2.34. The van der Waals surface area contributed by atoms with Crippen LogP contribution in [0.2, 0.25) is 5.02 Å². The fourth-order valence-electron chi connectivity index (χ4n) is 2.40. The Hall–Kier alpha value is -0.930. The van der Waals surface area contributed by atoms with Gasteiger partial charge in [0.05, 0.1) is 25.4 Å². The Morgan fingerprint density at radius 2 is 2.29 bits per heavy atom. The van der Waals surface area contributed by atoms with E-state index in [1.807, 2.05) is 18.2 Å². The topological polar surface area (TPSA) is 32.7 Å². The first kappa shape index (κ1) is 12.5. The zero-order valence-corrected chi connectivity index (χ0v) is 10.8. The van der Waals surface area contributed by atoms with Gasteiger partial charge in [0.2, 0.25) is 0 Å². The number of methoxy groups -OCH3 is 1. The molecule has 17 heavy (non-hydrogen) atoms. The van der Waals surface area contributed by atoms with Gasteiger partial charge in [0, 0.05) is 11.6 Å². The molecule has 0 bridgehead atoms. The lowest BCUT2D eigenvalue weighted by atomic mass is 10.0. The van der Waals surface area contributed by atoms with E-state index in [4.69, 9.17) is 16.3 Å². The smallest absolute Gasteiger partial charge is 0.142 e. The molecule has 0 amide bonds. The van der Waals surface area contributed by atoms with E-state index in [0.29, 0.717) is 5.02 Å². The average Bonchev–Trinajstić information content (AvgIpc) is 2.38. The number of hydrogen-bond donors (Lipinski definition) is 1. The summed E-state index contributed by atoms with van der Waals surface area (Å²) < 4.78 is 5.36. The fraction of sp³-hybridized carbons (Fsp3) is 0.538. The molecular formula is C13H18ClNO2. The summed E-state index contributed by atoms with van der Waals surface area (Å²) in [5.41, 5.74) is 0.985. The second-order valence-electron chi connectivity index (χ2n) is 4.34. The highest BCUT2D eigenvalue weighted by molar-refractivity contribution is 6.30. The summed E-state index contributed by atoms with van der Waals surface area (Å²) >= 11 is 6.04. The van der Waals surface area contributed by atoms with Crippen molar-refractivity contribution >= 4 is 17.3 Å². The lowest BCUT2D eigenvalue weighted by Gasteiger charge is -2.37. The van der Waals surface area contributed by atoms with Crippen LogP contribution in [0.3, 0.4) is 0 Å². The highest BCUT2D eigenvalue weighted by atomic mass is 35.5. The zero-order chi connectivity index (χ0) is 12.3. The maximum absolute atomic E-state index is 9.44. The number of ether oxygens (including phenoxy) is 1. The number of aliphatic hydroxyl groups excluding tert-OH is 1. The average molecular weight is 256 g/mol. The van der Waals surface area contributed by atoms with Crippen molar-refractivity contribution < 1.29 is 9.84 Å². The minimum absolute atomic E-state index is 0.176. The minimum Gasteiger partial charge on any atom is -0.495 e. The van der Waals surface area contributed by atoms with Crippen LogP contribution in [0.15, 0.2) is 18.2 Å². The van der Waals surface area contributed by atoms with Crippen LogP contribution in [0.4, 0.5) is 5.69 Å². The maximum Gasteiger partial charge on any atom is 0.142 e. The normalized spacial score (nSPS) is 20.4. The molecule has 1 aliphatic rings. The van der Waals surface area contributed by atoms with Gasteiger partial charge in [-0.15, -0.1) is 0 Å². The Labute approximate surface area is 107 Å². The van der Waals surface area contributed by atoms with E-state index in [0.717, 1.165) is 30.8 Å². The number of hydrogen-bond acceptors (Lipinski definition) is 3. The second-order valence-corrected chi connectivity index (χ2v) is 4.78. The maximum atomic E-state index is 9.44. The summed E-state index contributed by atoms with van der Waals surface area (Å²) in [6, 6.07) is 5.78. The summed E-state index contributed by atoms with van der Waals surface area (Å²) in [6.45, 7) is 1.12. The van der Waals surface area contributed by atoms with Crippen molar-refractivity contribution in [2.75, 3.05) is 25.2 Å². The molecule has 0 saturated carbocycles. The molecule has 1 atom stereocenters. The van der Waals surface area contributed by atoms with Gasteiger partial charge in [-0.05, 0) is 37.5 Å². The fourth-order valence-corrected chi connectivity index (χ4v) is 2.56. The first-order valence-corrected chi connectivity index (χ1v) is 6.35. The molecule has 4 heteroatoms. The highest BCUT2D eigenvalue weighted by Gasteiger charge is 2.24. The number of anilines is 1. The Morgan fingerprint density at radius 1 is 1.47 bits per heavy atom. The first-order valence-electron chi connectivity index (χ1n) is 5.97. The molecule has 1 N–H and O–H groups in total. The number of aliphatic hydroxyl groups is 1. The third-order valence-electron chi connectivity index (χ3n) is 3.29. The van der Waals surface area contributed by atoms with Crippen LogP contribution < -0.4 is 9.64 Å². The standard InChI is InChI=1S/C13H18ClNO2/c1-17-13-6-5-10(14)8-12(13)15-7-3-2-4-11(15)9-16/h5-6,8,11,16H,2-4,7,9H2,1H3. The molecule has 0 aromatic heterocycles. The molecule has 1 unspecified atom stereocenters. The molecule has 0 aliphatic carbocycles. The second kappa shape index (κ2) is 5.61. The zero-order valence-electron chi connectivity index (χ0n) is 10.0. The van der Waals surface area contributed by atoms with E-state index < -0.39 is 0 Å². The van der Waals surface area contributed by atoms with Crippen LogP contribution >= 0.6 is 11.6 Å². The molecule has 0 radical (unpaired) electrons. The van der Waals surface area contributed by atoms with Gasteiger partial charge in [0.25, 0.3) is 0 Å². The Balaban J connectivity index is 2.33. The van der Waals surface area contributed by atoms with Gasteiger partial charge in [0.1, 0.15) is 5.75 Å². The Kier molecular flexibility index (Phi) is 4.13. The van der Waals surface area contributed by atoms with E-state index >= 15 is 0 Å². The molecule has 1 aromatic carbocycles. The number of piperidine rings is 1. The van der Waals surface area contributed by atoms with Crippen molar-refractivity contribution in [2.24, 2.45) is 0 Å². The SMILES string of the molecule is COc1ccc(Cl)cc1N1CCCCC1CO. The Morgan fingerprint density at radius 3 is 3.00 bits per heavy atom. The molecule has 2 rings (SSSR count). The lowest BCUT2D eigenvalue weighted by molar-refractivity contribution is 0.239. The minimum atomic E-state index is 0.176. The van der Waals surface area contributed by atoms with Crippen molar-refractivity contribution in [1.29, 1.82) is 0 Å². The van der Waals surface area contributed by atoms with Crippen molar-refractivity contribution in [3.05, 3.63) is 23.2 Å². The quantitative estimate of drug-likeness (QED) is 0.902. The number of nitrogens with zero attached hydrogens (tertiary/aromatic N) is 1.